The molecule has 3 heteroatoms. The van der Waals surface area contributed by atoms with Gasteiger partial charge >= 0.3 is 5.97 Å². The fourth-order valence-electron chi connectivity index (χ4n) is 1.60. The summed E-state index contributed by atoms with van der Waals surface area (Å²) >= 11 is 0. The number of carbonyl (C=O) groups excluding carboxylic acids is 1. The molecule has 0 radical (unpaired) electrons. The van der Waals surface area contributed by atoms with E-state index >= 15 is 0 Å². The quantitative estimate of drug-likeness (QED) is 0.598. The van der Waals surface area contributed by atoms with E-state index in [1.54, 1.807) is 13.0 Å². The average molecular weight is 230 g/mol. The lowest BCUT2D eigenvalue weighted by Gasteiger charge is -1.93. The number of furan rings is 1. The van der Waals surface area contributed by atoms with E-state index < -0.39 is 0 Å². The number of hydrogen-bond acceptors (Lipinski definition) is 3. The van der Waals surface area contributed by atoms with Crippen LogP contribution in [-0.4, -0.2) is 12.6 Å². The van der Waals surface area contributed by atoms with Crippen LogP contribution in [0.25, 0.3) is 11.0 Å². The van der Waals surface area contributed by atoms with Gasteiger partial charge in [0.15, 0.2) is 0 Å². The first-order valence-corrected chi connectivity index (χ1v) is 5.60. The normalized spacial score (nSPS) is 11.1. The van der Waals surface area contributed by atoms with Gasteiger partial charge < -0.3 is 9.15 Å². The number of esters is 1. The molecule has 88 valence electrons. The van der Waals surface area contributed by atoms with Crippen LogP contribution in [0.15, 0.2) is 46.9 Å². The van der Waals surface area contributed by atoms with E-state index in [0.29, 0.717) is 13.0 Å². The zero-order valence-corrected chi connectivity index (χ0v) is 9.68. The summed E-state index contributed by atoms with van der Waals surface area (Å²) in [4.78, 5) is 11.1. The van der Waals surface area contributed by atoms with Gasteiger partial charge in [0.1, 0.15) is 11.3 Å². The minimum Gasteiger partial charge on any atom is -0.463 e. The van der Waals surface area contributed by atoms with E-state index in [2.05, 4.69) is 0 Å². The summed E-state index contributed by atoms with van der Waals surface area (Å²) in [6.07, 6.45) is 3.76. The Bertz CT molecular complexity index is 504. The minimum absolute atomic E-state index is 0.316. The summed E-state index contributed by atoms with van der Waals surface area (Å²) in [5.74, 6) is 0.523. The third kappa shape index (κ3) is 2.97. The molecule has 1 heterocycles. The fraction of sp³-hybridized carbons (Fsp3) is 0.214. The molecule has 2 rings (SSSR count). The van der Waals surface area contributed by atoms with Crippen LogP contribution in [0.4, 0.5) is 0 Å². The van der Waals surface area contributed by atoms with Crippen molar-refractivity contribution < 1.29 is 13.9 Å². The Hall–Kier alpha value is -2.03. The van der Waals surface area contributed by atoms with E-state index in [1.807, 2.05) is 30.3 Å². The maximum Gasteiger partial charge on any atom is 0.330 e. The van der Waals surface area contributed by atoms with Gasteiger partial charge in [0.25, 0.3) is 0 Å². The van der Waals surface area contributed by atoms with Gasteiger partial charge in [-0.3, -0.25) is 0 Å². The summed E-state index contributed by atoms with van der Waals surface area (Å²) in [6, 6.07) is 9.80. The van der Waals surface area contributed by atoms with Gasteiger partial charge in [0.2, 0.25) is 0 Å². The van der Waals surface area contributed by atoms with E-state index in [9.17, 15) is 4.79 Å². The molecule has 0 bridgehead atoms. The Morgan fingerprint density at radius 3 is 3.00 bits per heavy atom. The van der Waals surface area contributed by atoms with Crippen LogP contribution < -0.4 is 0 Å². The van der Waals surface area contributed by atoms with Crippen LogP contribution in [0.2, 0.25) is 0 Å². The fourth-order valence-corrected chi connectivity index (χ4v) is 1.60. The van der Waals surface area contributed by atoms with Crippen LogP contribution >= 0.6 is 0 Å². The molecule has 2 aromatic rings. The third-order valence-corrected chi connectivity index (χ3v) is 2.34. The maximum atomic E-state index is 11.1. The van der Waals surface area contributed by atoms with Gasteiger partial charge in [-0.2, -0.15) is 0 Å². The highest BCUT2D eigenvalue weighted by molar-refractivity contribution is 5.82. The Morgan fingerprint density at radius 2 is 2.24 bits per heavy atom. The number of fused-ring (bicyclic) bond motifs is 1. The Balaban J connectivity index is 2.01. The van der Waals surface area contributed by atoms with Gasteiger partial charge in [0.05, 0.1) is 6.61 Å². The van der Waals surface area contributed by atoms with Gasteiger partial charge in [0, 0.05) is 17.9 Å². The molecule has 0 aliphatic carbocycles. The first-order valence-electron chi connectivity index (χ1n) is 5.60. The van der Waals surface area contributed by atoms with E-state index in [-0.39, 0.29) is 5.97 Å². The predicted octanol–water partition coefficient (Wildman–Crippen LogP) is 3.09. The molecule has 0 saturated heterocycles. The smallest absolute Gasteiger partial charge is 0.330 e. The predicted molar refractivity (Wildman–Crippen MR) is 65.7 cm³/mol. The molecule has 1 aromatic carbocycles. The number of para-hydroxylation sites is 1. The monoisotopic (exact) mass is 230 g/mol. The number of allylic oxidation sites excluding steroid dienone is 1. The molecular weight excluding hydrogens is 216 g/mol. The van der Waals surface area contributed by atoms with Crippen molar-refractivity contribution in [1.82, 2.24) is 0 Å². The van der Waals surface area contributed by atoms with Gasteiger partial charge in [-0.15, -0.1) is 0 Å². The second kappa shape index (κ2) is 5.34. The number of rotatable bonds is 4. The summed E-state index contributed by atoms with van der Waals surface area (Å²) < 4.78 is 10.4. The van der Waals surface area contributed by atoms with E-state index in [0.717, 1.165) is 16.7 Å². The molecule has 0 aliphatic heterocycles. The Morgan fingerprint density at radius 1 is 1.41 bits per heavy atom. The average Bonchev–Trinajstić information content (AvgIpc) is 2.71. The van der Waals surface area contributed by atoms with E-state index in [4.69, 9.17) is 9.15 Å². The number of carbonyl (C=O) groups is 1. The maximum absolute atomic E-state index is 11.1. The topological polar surface area (TPSA) is 39.4 Å². The van der Waals surface area contributed by atoms with Crippen LogP contribution in [0.5, 0.6) is 0 Å². The second-order valence-corrected chi connectivity index (χ2v) is 3.61. The molecule has 0 unspecified atom stereocenters. The van der Waals surface area contributed by atoms with Crippen molar-refractivity contribution in [2.45, 2.75) is 13.3 Å². The van der Waals surface area contributed by atoms with Crippen LogP contribution in [0.3, 0.4) is 0 Å². The Labute approximate surface area is 99.7 Å². The summed E-state index contributed by atoms with van der Waals surface area (Å²) in [5, 5.41) is 1.08. The lowest BCUT2D eigenvalue weighted by Crippen LogP contribution is -1.98. The molecule has 17 heavy (non-hydrogen) atoms. The highest BCUT2D eigenvalue weighted by atomic mass is 16.5. The number of benzene rings is 1. The van der Waals surface area contributed by atoms with Crippen molar-refractivity contribution in [1.29, 1.82) is 0 Å². The molecule has 0 saturated carbocycles. The highest BCUT2D eigenvalue weighted by Crippen LogP contribution is 2.19. The van der Waals surface area contributed by atoms with Crippen molar-refractivity contribution >= 4 is 16.9 Å². The zero-order valence-electron chi connectivity index (χ0n) is 9.68. The lowest BCUT2D eigenvalue weighted by molar-refractivity contribution is -0.137. The molecule has 3 nitrogen and oxygen atoms in total. The highest BCUT2D eigenvalue weighted by Gasteiger charge is 2.01. The van der Waals surface area contributed by atoms with Gasteiger partial charge in [-0.05, 0) is 19.1 Å². The first kappa shape index (κ1) is 11.5. The molecule has 0 aliphatic rings. The van der Waals surface area contributed by atoms with Crippen molar-refractivity contribution in [3.63, 3.8) is 0 Å². The number of ether oxygens (including phenoxy) is 1. The van der Waals surface area contributed by atoms with Gasteiger partial charge in [-0.25, -0.2) is 4.79 Å². The van der Waals surface area contributed by atoms with Crippen molar-refractivity contribution in [2.24, 2.45) is 0 Å². The molecule has 0 amide bonds. The van der Waals surface area contributed by atoms with E-state index in [1.165, 1.54) is 6.08 Å². The van der Waals surface area contributed by atoms with Crippen LogP contribution in [0, 0.1) is 0 Å². The first-order chi connectivity index (χ1) is 8.29. The Kier molecular flexibility index (Phi) is 3.60. The van der Waals surface area contributed by atoms with Gasteiger partial charge in [-0.1, -0.05) is 24.3 Å². The minimum atomic E-state index is -0.316. The molecule has 0 spiro atoms. The summed E-state index contributed by atoms with van der Waals surface area (Å²) in [7, 11) is 0. The molecule has 0 fully saturated rings. The summed E-state index contributed by atoms with van der Waals surface area (Å²) in [6.45, 7) is 2.18. The van der Waals surface area contributed by atoms with Crippen LogP contribution in [-0.2, 0) is 16.0 Å². The van der Waals surface area contributed by atoms with Crippen LogP contribution in [0.1, 0.15) is 12.7 Å². The van der Waals surface area contributed by atoms with Crippen molar-refractivity contribution in [2.75, 3.05) is 6.61 Å². The molecule has 0 atom stereocenters. The number of hydrogen-bond donors (Lipinski definition) is 0. The largest absolute Gasteiger partial charge is 0.463 e. The second-order valence-electron chi connectivity index (χ2n) is 3.61. The molecular formula is C14H14O3. The zero-order chi connectivity index (χ0) is 12.1. The molecule has 0 N–H and O–H groups in total. The third-order valence-electron chi connectivity index (χ3n) is 2.34. The van der Waals surface area contributed by atoms with Crippen molar-refractivity contribution in [3.05, 3.63) is 48.2 Å². The standard InChI is InChI=1S/C14H14O3/c1-2-16-14(15)9-5-7-12-10-11-6-3-4-8-13(11)17-12/h3-6,8-10H,2,7H2,1H3. The molecule has 1 aromatic heterocycles. The SMILES string of the molecule is CCOC(=O)C=CCc1cc2ccccc2o1. The summed E-state index contributed by atoms with van der Waals surface area (Å²) in [5.41, 5.74) is 0.868. The van der Waals surface area contributed by atoms with Crippen molar-refractivity contribution in [3.8, 4) is 0 Å². The lowest BCUT2D eigenvalue weighted by atomic mass is 10.2.